The number of anilines is 1. The molecule has 2 nitrogen and oxygen atoms in total. The molecule has 0 saturated heterocycles. The highest BCUT2D eigenvalue weighted by Gasteiger charge is 2.44. The third-order valence-corrected chi connectivity index (χ3v) is 6.22. The third kappa shape index (κ3) is 2.51. The number of rotatable bonds is 1. The van der Waals surface area contributed by atoms with E-state index < -0.39 is 0 Å². The molecule has 3 aromatic carbocycles. The smallest absolute Gasteiger partial charge is 0.224 e. The Labute approximate surface area is 164 Å². The molecule has 0 fully saturated rings. The third-order valence-electron chi connectivity index (χ3n) is 5.99. The predicted molar refractivity (Wildman–Crippen MR) is 111 cm³/mol. The minimum atomic E-state index is 0.0160. The zero-order valence-electron chi connectivity index (χ0n) is 15.1. The fourth-order valence-electron chi connectivity index (χ4n) is 4.93. The number of nitrogens with zero attached hydrogens (tertiary/aromatic N) is 1. The number of hydrogen-bond donors (Lipinski definition) is 0. The van der Waals surface area contributed by atoms with Crippen LogP contribution >= 0.6 is 11.6 Å². The number of carbonyl (C=O) groups excluding carboxylic acids is 1. The molecule has 2 aliphatic rings. The Kier molecular flexibility index (Phi) is 3.84. The number of carbonyl (C=O) groups is 1. The summed E-state index contributed by atoms with van der Waals surface area (Å²) in [7, 11) is 0. The van der Waals surface area contributed by atoms with Crippen LogP contribution in [0.25, 0.3) is 10.8 Å². The van der Waals surface area contributed by atoms with Gasteiger partial charge in [-0.05, 0) is 52.4 Å². The lowest BCUT2D eigenvalue weighted by Gasteiger charge is -2.44. The van der Waals surface area contributed by atoms with E-state index in [0.29, 0.717) is 11.8 Å². The fraction of sp³-hybridized carbons (Fsp3) is 0.208. The summed E-state index contributed by atoms with van der Waals surface area (Å²) >= 11 is 6.30. The van der Waals surface area contributed by atoms with Gasteiger partial charge in [0.1, 0.15) is 0 Å². The van der Waals surface area contributed by atoms with Crippen molar-refractivity contribution in [1.82, 2.24) is 0 Å². The summed E-state index contributed by atoms with van der Waals surface area (Å²) in [5, 5.41) is 3.15. The Balaban J connectivity index is 1.78. The van der Waals surface area contributed by atoms with Crippen molar-refractivity contribution in [2.24, 2.45) is 5.92 Å². The normalized spacial score (nSPS) is 23.3. The average molecular weight is 374 g/mol. The first kappa shape index (κ1) is 16.6. The van der Waals surface area contributed by atoms with E-state index in [4.69, 9.17) is 11.6 Å². The molecule has 1 heterocycles. The van der Waals surface area contributed by atoms with Gasteiger partial charge in [-0.3, -0.25) is 4.79 Å². The summed E-state index contributed by atoms with van der Waals surface area (Å²) in [5.41, 5.74) is 3.37. The highest BCUT2D eigenvalue weighted by atomic mass is 35.5. The van der Waals surface area contributed by atoms with Crippen molar-refractivity contribution in [2.75, 3.05) is 4.90 Å². The molecule has 0 saturated carbocycles. The molecular formula is C24H20ClNO. The Bertz CT molecular complexity index is 1080. The van der Waals surface area contributed by atoms with Crippen LogP contribution in [-0.4, -0.2) is 5.91 Å². The molecule has 0 radical (unpaired) electrons. The zero-order chi connectivity index (χ0) is 18.5. The molecule has 3 atom stereocenters. The Morgan fingerprint density at radius 2 is 1.85 bits per heavy atom. The van der Waals surface area contributed by atoms with Crippen molar-refractivity contribution < 1.29 is 4.79 Å². The first-order valence-corrected chi connectivity index (χ1v) is 9.76. The van der Waals surface area contributed by atoms with Crippen LogP contribution in [0.4, 0.5) is 5.69 Å². The SMILES string of the molecule is CC(=O)N1c2ccc(Cl)cc2[C@@H]2C=CC[C@@H]2[C@@H]1c1cccc2ccccc12. The van der Waals surface area contributed by atoms with Crippen LogP contribution in [-0.2, 0) is 4.79 Å². The second kappa shape index (κ2) is 6.24. The van der Waals surface area contributed by atoms with E-state index in [0.717, 1.165) is 22.7 Å². The molecule has 0 unspecified atom stereocenters. The number of amides is 1. The maximum absolute atomic E-state index is 12.8. The molecule has 1 aliphatic heterocycles. The Morgan fingerprint density at radius 1 is 1.04 bits per heavy atom. The van der Waals surface area contributed by atoms with Crippen molar-refractivity contribution in [3.8, 4) is 0 Å². The van der Waals surface area contributed by atoms with Crippen LogP contribution in [0.1, 0.15) is 36.4 Å². The number of fused-ring (bicyclic) bond motifs is 4. The second-order valence-corrected chi connectivity index (χ2v) is 7.90. The van der Waals surface area contributed by atoms with Gasteiger partial charge in [0.05, 0.1) is 6.04 Å². The van der Waals surface area contributed by atoms with Crippen LogP contribution in [0, 0.1) is 5.92 Å². The van der Waals surface area contributed by atoms with Gasteiger partial charge in [-0.15, -0.1) is 0 Å². The monoisotopic (exact) mass is 373 g/mol. The summed E-state index contributed by atoms with van der Waals surface area (Å²) < 4.78 is 0. The van der Waals surface area contributed by atoms with Crippen LogP contribution < -0.4 is 4.90 Å². The molecule has 1 aliphatic carbocycles. The first-order chi connectivity index (χ1) is 13.1. The highest BCUT2D eigenvalue weighted by Crippen LogP contribution is 2.54. The minimum absolute atomic E-state index is 0.0160. The van der Waals surface area contributed by atoms with Crippen molar-refractivity contribution in [1.29, 1.82) is 0 Å². The van der Waals surface area contributed by atoms with E-state index in [1.807, 2.05) is 23.1 Å². The molecule has 0 aromatic heterocycles. The lowest BCUT2D eigenvalue weighted by Crippen LogP contribution is -2.42. The van der Waals surface area contributed by atoms with Gasteiger partial charge in [-0.25, -0.2) is 0 Å². The summed E-state index contributed by atoms with van der Waals surface area (Å²) in [6.45, 7) is 1.67. The fourth-order valence-corrected chi connectivity index (χ4v) is 5.11. The lowest BCUT2D eigenvalue weighted by molar-refractivity contribution is -0.117. The van der Waals surface area contributed by atoms with Crippen molar-refractivity contribution in [3.63, 3.8) is 0 Å². The molecule has 3 heteroatoms. The molecule has 1 amide bonds. The Morgan fingerprint density at radius 3 is 2.70 bits per heavy atom. The van der Waals surface area contributed by atoms with Gasteiger partial charge >= 0.3 is 0 Å². The van der Waals surface area contributed by atoms with E-state index in [1.54, 1.807) is 6.92 Å². The first-order valence-electron chi connectivity index (χ1n) is 9.39. The van der Waals surface area contributed by atoms with E-state index in [9.17, 15) is 4.79 Å². The average Bonchev–Trinajstić information content (AvgIpc) is 3.16. The number of benzene rings is 3. The van der Waals surface area contributed by atoms with Crippen molar-refractivity contribution >= 4 is 34.0 Å². The quantitative estimate of drug-likeness (QED) is 0.461. The largest absolute Gasteiger partial charge is 0.305 e. The molecule has 3 aromatic rings. The van der Waals surface area contributed by atoms with Gasteiger partial charge in [0.15, 0.2) is 0 Å². The van der Waals surface area contributed by atoms with Gasteiger partial charge in [-0.1, -0.05) is 66.2 Å². The second-order valence-electron chi connectivity index (χ2n) is 7.46. The van der Waals surface area contributed by atoms with E-state index in [-0.39, 0.29) is 11.9 Å². The molecule has 0 bridgehead atoms. The van der Waals surface area contributed by atoms with E-state index in [1.165, 1.54) is 16.3 Å². The number of hydrogen-bond acceptors (Lipinski definition) is 1. The van der Waals surface area contributed by atoms with Gasteiger partial charge in [0.2, 0.25) is 5.91 Å². The van der Waals surface area contributed by atoms with Gasteiger partial charge in [0.25, 0.3) is 0 Å². The summed E-state index contributed by atoms with van der Waals surface area (Å²) in [6.07, 6.45) is 5.51. The summed E-state index contributed by atoms with van der Waals surface area (Å²) in [5.74, 6) is 0.686. The van der Waals surface area contributed by atoms with Crippen LogP contribution in [0.15, 0.2) is 72.8 Å². The maximum atomic E-state index is 12.8. The molecular weight excluding hydrogens is 354 g/mol. The van der Waals surface area contributed by atoms with E-state index in [2.05, 4.69) is 54.6 Å². The molecule has 0 spiro atoms. The summed E-state index contributed by atoms with van der Waals surface area (Å²) in [4.78, 5) is 14.8. The minimum Gasteiger partial charge on any atom is -0.305 e. The van der Waals surface area contributed by atoms with Crippen LogP contribution in [0.5, 0.6) is 0 Å². The molecule has 0 N–H and O–H groups in total. The van der Waals surface area contributed by atoms with Gasteiger partial charge in [0, 0.05) is 23.6 Å². The van der Waals surface area contributed by atoms with Crippen LogP contribution in [0.2, 0.25) is 5.02 Å². The topological polar surface area (TPSA) is 20.3 Å². The lowest BCUT2D eigenvalue weighted by atomic mass is 9.75. The van der Waals surface area contributed by atoms with Crippen LogP contribution in [0.3, 0.4) is 0 Å². The number of halogens is 1. The maximum Gasteiger partial charge on any atom is 0.224 e. The summed E-state index contributed by atoms with van der Waals surface area (Å²) in [6, 6.07) is 20.8. The highest BCUT2D eigenvalue weighted by molar-refractivity contribution is 6.30. The Hall–Kier alpha value is -2.58. The van der Waals surface area contributed by atoms with Crippen molar-refractivity contribution in [2.45, 2.75) is 25.3 Å². The van der Waals surface area contributed by atoms with Gasteiger partial charge in [-0.2, -0.15) is 0 Å². The van der Waals surface area contributed by atoms with Crippen molar-refractivity contribution in [3.05, 3.63) is 89.0 Å². The van der Waals surface area contributed by atoms with Gasteiger partial charge < -0.3 is 4.90 Å². The number of allylic oxidation sites excluding steroid dienone is 2. The molecule has 27 heavy (non-hydrogen) atoms. The molecule has 5 rings (SSSR count). The van der Waals surface area contributed by atoms with E-state index >= 15 is 0 Å². The standard InChI is InChI=1S/C24H20ClNO/c1-15(27)26-23-13-12-17(25)14-22(23)19-9-5-11-21(19)24(26)20-10-4-7-16-6-2-3-8-18(16)20/h2-10,12-14,19,21,24H,11H2,1H3/t19-,21+,24+/m1/s1. The zero-order valence-corrected chi connectivity index (χ0v) is 15.9. The molecule has 134 valence electrons. The predicted octanol–water partition coefficient (Wildman–Crippen LogP) is 6.26.